The van der Waals surface area contributed by atoms with Crippen LogP contribution in [0.2, 0.25) is 0 Å². The quantitative estimate of drug-likeness (QED) is 0.508. The normalized spacial score (nSPS) is 19.7. The maximum absolute atomic E-state index is 12.7. The zero-order valence-corrected chi connectivity index (χ0v) is 19.5. The van der Waals surface area contributed by atoms with Crippen LogP contribution in [0.5, 0.6) is 0 Å². The number of nitrogens with one attached hydrogen (secondary N) is 2. The largest absolute Gasteiger partial charge is 0.480 e. The van der Waals surface area contributed by atoms with Crippen molar-refractivity contribution in [3.63, 3.8) is 0 Å². The van der Waals surface area contributed by atoms with E-state index in [1.807, 2.05) is 31.2 Å². The second-order valence-corrected chi connectivity index (χ2v) is 9.22. The number of hydrogen-bond donors (Lipinski definition) is 3. The fourth-order valence-corrected chi connectivity index (χ4v) is 5.30. The van der Waals surface area contributed by atoms with Crippen molar-refractivity contribution < 1.29 is 24.2 Å². The smallest absolute Gasteiger partial charge is 0.407 e. The lowest BCUT2D eigenvalue weighted by Gasteiger charge is -2.22. The van der Waals surface area contributed by atoms with Gasteiger partial charge in [-0.05, 0) is 47.4 Å². The minimum absolute atomic E-state index is 0.00480. The maximum atomic E-state index is 12.7. The molecule has 0 bridgehead atoms. The molecule has 2 aromatic carbocycles. The molecule has 0 aromatic heterocycles. The average Bonchev–Trinajstić information content (AvgIpc) is 3.39. The van der Waals surface area contributed by atoms with Crippen molar-refractivity contribution in [1.82, 2.24) is 10.6 Å². The summed E-state index contributed by atoms with van der Waals surface area (Å²) in [6.07, 6.45) is 3.28. The summed E-state index contributed by atoms with van der Waals surface area (Å²) in [4.78, 5) is 36.4. The van der Waals surface area contributed by atoms with Gasteiger partial charge in [-0.15, -0.1) is 0 Å². The highest BCUT2D eigenvalue weighted by Crippen LogP contribution is 2.44. The van der Waals surface area contributed by atoms with Gasteiger partial charge in [0.1, 0.15) is 12.6 Å². The van der Waals surface area contributed by atoms with Crippen molar-refractivity contribution >= 4 is 18.0 Å². The van der Waals surface area contributed by atoms with Gasteiger partial charge in [0, 0.05) is 18.4 Å². The van der Waals surface area contributed by atoms with Crippen LogP contribution in [0.3, 0.4) is 0 Å². The highest BCUT2D eigenvalue weighted by Gasteiger charge is 2.33. The molecule has 2 amide bonds. The molecule has 3 N–H and O–H groups in total. The lowest BCUT2D eigenvalue weighted by molar-refractivity contribution is -0.142. The fraction of sp³-hybridized carbons (Fsp3) is 0.444. The SMILES string of the molecule is CCC[C@H](NC(=O)C[C@@H]1CCC[C@H]1NC(=O)OCC1c2ccccc2-c2ccccc21)C(=O)O. The van der Waals surface area contributed by atoms with E-state index in [9.17, 15) is 19.5 Å². The Morgan fingerprint density at radius 1 is 1.03 bits per heavy atom. The van der Waals surface area contributed by atoms with Crippen LogP contribution in [0.4, 0.5) is 4.79 Å². The van der Waals surface area contributed by atoms with Crippen molar-refractivity contribution in [3.8, 4) is 11.1 Å². The summed E-state index contributed by atoms with van der Waals surface area (Å²) in [5.74, 6) is -1.34. The van der Waals surface area contributed by atoms with Crippen molar-refractivity contribution in [2.45, 2.75) is 63.5 Å². The number of carboxylic acids is 1. The van der Waals surface area contributed by atoms with E-state index in [2.05, 4.69) is 34.9 Å². The molecule has 34 heavy (non-hydrogen) atoms. The molecular weight excluding hydrogens is 432 g/mol. The lowest BCUT2D eigenvalue weighted by Crippen LogP contribution is -2.43. The van der Waals surface area contributed by atoms with E-state index < -0.39 is 18.1 Å². The highest BCUT2D eigenvalue weighted by molar-refractivity contribution is 5.83. The second kappa shape index (κ2) is 10.7. The monoisotopic (exact) mass is 464 g/mol. The molecule has 7 nitrogen and oxygen atoms in total. The minimum atomic E-state index is -1.02. The Bertz CT molecular complexity index is 1010. The van der Waals surface area contributed by atoms with E-state index in [0.29, 0.717) is 12.8 Å². The van der Waals surface area contributed by atoms with E-state index in [-0.39, 0.29) is 36.8 Å². The zero-order chi connectivity index (χ0) is 24.1. The van der Waals surface area contributed by atoms with Gasteiger partial charge in [-0.3, -0.25) is 4.79 Å². The van der Waals surface area contributed by atoms with Gasteiger partial charge >= 0.3 is 12.1 Å². The van der Waals surface area contributed by atoms with E-state index in [4.69, 9.17) is 4.74 Å². The number of carboxylic acid groups (broad SMARTS) is 1. The summed E-state index contributed by atoms with van der Waals surface area (Å²) < 4.78 is 5.65. The molecule has 1 fully saturated rings. The Balaban J connectivity index is 1.32. The number of amides is 2. The summed E-state index contributed by atoms with van der Waals surface area (Å²) in [6, 6.07) is 15.4. The van der Waals surface area contributed by atoms with Gasteiger partial charge in [0.05, 0.1) is 0 Å². The van der Waals surface area contributed by atoms with Gasteiger partial charge in [-0.2, -0.15) is 0 Å². The lowest BCUT2D eigenvalue weighted by atomic mass is 9.98. The molecule has 2 aliphatic carbocycles. The number of ether oxygens (including phenoxy) is 1. The van der Waals surface area contributed by atoms with Gasteiger partial charge in [-0.1, -0.05) is 68.3 Å². The molecule has 0 unspecified atom stereocenters. The van der Waals surface area contributed by atoms with Crippen LogP contribution in [-0.2, 0) is 14.3 Å². The third kappa shape index (κ3) is 5.24. The zero-order valence-electron chi connectivity index (χ0n) is 19.5. The first-order valence-corrected chi connectivity index (χ1v) is 12.1. The standard InChI is InChI=1S/C27H32N2O5/c1-2-8-24(26(31)32)28-25(30)15-17-9-7-14-23(17)29-27(33)34-16-22-20-12-5-3-10-18(20)19-11-4-6-13-21(19)22/h3-6,10-13,17,22-24H,2,7-9,14-16H2,1H3,(H,28,30)(H,29,33)(H,31,32)/t17-,23+,24-/m0/s1. The van der Waals surface area contributed by atoms with E-state index in [1.165, 1.54) is 11.1 Å². The maximum Gasteiger partial charge on any atom is 0.407 e. The Morgan fingerprint density at radius 3 is 2.29 bits per heavy atom. The summed E-state index contributed by atoms with van der Waals surface area (Å²) >= 11 is 0. The van der Waals surface area contributed by atoms with Crippen molar-refractivity contribution in [3.05, 3.63) is 59.7 Å². The molecule has 0 spiro atoms. The first kappa shape index (κ1) is 23.8. The topological polar surface area (TPSA) is 105 Å². The summed E-state index contributed by atoms with van der Waals surface area (Å²) in [6.45, 7) is 2.13. The van der Waals surface area contributed by atoms with Crippen LogP contribution in [-0.4, -0.2) is 41.8 Å². The first-order chi connectivity index (χ1) is 16.5. The third-order valence-corrected chi connectivity index (χ3v) is 6.96. The molecule has 180 valence electrons. The number of rotatable bonds is 9. The number of alkyl carbamates (subject to hydrolysis) is 1. The summed E-state index contributed by atoms with van der Waals surface area (Å²) in [5.41, 5.74) is 4.67. The molecule has 7 heteroatoms. The predicted molar refractivity (Wildman–Crippen MR) is 128 cm³/mol. The Kier molecular flexibility index (Phi) is 7.50. The van der Waals surface area contributed by atoms with Crippen LogP contribution in [0, 0.1) is 5.92 Å². The number of carbonyl (C=O) groups excluding carboxylic acids is 2. The number of hydrogen-bond acceptors (Lipinski definition) is 4. The third-order valence-electron chi connectivity index (χ3n) is 6.96. The van der Waals surface area contributed by atoms with Gasteiger partial charge in [-0.25, -0.2) is 9.59 Å². The molecular formula is C27H32N2O5. The number of aliphatic carboxylic acids is 1. The Labute approximate surface area is 199 Å². The number of fused-ring (bicyclic) bond motifs is 3. The van der Waals surface area contributed by atoms with Gasteiger partial charge in [0.2, 0.25) is 5.91 Å². The molecule has 2 aliphatic rings. The Morgan fingerprint density at radius 2 is 1.68 bits per heavy atom. The van der Waals surface area contributed by atoms with Crippen LogP contribution < -0.4 is 10.6 Å². The van der Waals surface area contributed by atoms with Gasteiger partial charge < -0.3 is 20.5 Å². The fourth-order valence-electron chi connectivity index (χ4n) is 5.30. The first-order valence-electron chi connectivity index (χ1n) is 12.1. The van der Waals surface area contributed by atoms with Crippen molar-refractivity contribution in [2.24, 2.45) is 5.92 Å². The molecule has 3 atom stereocenters. The van der Waals surface area contributed by atoms with Crippen LogP contribution in [0.15, 0.2) is 48.5 Å². The number of benzene rings is 2. The Hall–Kier alpha value is -3.35. The van der Waals surface area contributed by atoms with Crippen LogP contribution in [0.1, 0.15) is 62.5 Å². The van der Waals surface area contributed by atoms with E-state index >= 15 is 0 Å². The number of carbonyl (C=O) groups is 3. The van der Waals surface area contributed by atoms with Gasteiger partial charge in [0.15, 0.2) is 0 Å². The molecule has 1 saturated carbocycles. The molecule has 0 radical (unpaired) electrons. The van der Waals surface area contributed by atoms with Gasteiger partial charge in [0.25, 0.3) is 0 Å². The van der Waals surface area contributed by atoms with Crippen LogP contribution in [0.25, 0.3) is 11.1 Å². The molecule has 0 aliphatic heterocycles. The molecule has 2 aromatic rings. The minimum Gasteiger partial charge on any atom is -0.480 e. The van der Waals surface area contributed by atoms with E-state index in [0.717, 1.165) is 30.4 Å². The predicted octanol–water partition coefficient (Wildman–Crippen LogP) is 4.45. The molecule has 0 heterocycles. The summed E-state index contributed by atoms with van der Waals surface area (Å²) in [5, 5.41) is 14.8. The van der Waals surface area contributed by atoms with Crippen molar-refractivity contribution in [2.75, 3.05) is 6.61 Å². The second-order valence-electron chi connectivity index (χ2n) is 9.22. The molecule has 0 saturated heterocycles. The molecule has 4 rings (SSSR count). The average molecular weight is 465 g/mol. The highest BCUT2D eigenvalue weighted by atomic mass is 16.5. The van der Waals surface area contributed by atoms with Crippen LogP contribution >= 0.6 is 0 Å². The summed E-state index contributed by atoms with van der Waals surface area (Å²) in [7, 11) is 0. The van der Waals surface area contributed by atoms with Crippen molar-refractivity contribution in [1.29, 1.82) is 0 Å². The van der Waals surface area contributed by atoms with E-state index in [1.54, 1.807) is 0 Å².